The van der Waals surface area contributed by atoms with Crippen molar-refractivity contribution < 1.29 is 58.2 Å². The van der Waals surface area contributed by atoms with Crippen LogP contribution >= 0.6 is 0 Å². The molecule has 0 saturated carbocycles. The Kier molecular flexibility index (Phi) is 49.1. The molecular formula is C67H106O12. The number of hydrogen-bond acceptors (Lipinski definition) is 11. The number of aliphatic hydroxyl groups is 2. The van der Waals surface area contributed by atoms with E-state index in [9.17, 15) is 34.5 Å². The highest BCUT2D eigenvalue weighted by molar-refractivity contribution is 5.74. The molecule has 0 aromatic carbocycles. The van der Waals surface area contributed by atoms with Crippen molar-refractivity contribution in [2.45, 2.75) is 263 Å². The van der Waals surface area contributed by atoms with E-state index in [1.807, 2.05) is 0 Å². The minimum Gasteiger partial charge on any atom is -0.479 e. The van der Waals surface area contributed by atoms with Crippen LogP contribution in [0.4, 0.5) is 0 Å². The summed E-state index contributed by atoms with van der Waals surface area (Å²) in [6.45, 7) is 5.69. The molecule has 1 heterocycles. The van der Waals surface area contributed by atoms with Gasteiger partial charge in [-0.15, -0.1) is 0 Å². The number of esters is 3. The van der Waals surface area contributed by atoms with Crippen molar-refractivity contribution in [1.82, 2.24) is 0 Å². The topological polar surface area (TPSA) is 175 Å². The standard InChI is InChI=1S/C67H106O12/c1-4-7-10-13-16-19-22-24-26-28-30-32-34-36-39-41-44-47-50-53-59(68)75-56-58(77-60(69)54-51-48-45-43-40-37-35-33-31-29-27-25-23-20-17-14-11-8-5-2)57-76-67-65(63(72)62(71)64(79-67)66(73)74)78-61(70)55-52-49-46-42-38-21-18-15-12-9-6-3/h7-8,10-11,16-17,19-20,24-27,30-33,36-37,39-40,58,62-65,67,71-72H,4-6,9,12-15,18,21-23,28-29,34-35,38,41-57H2,1-3H3,(H,73,74)/b10-7-,11-8-,19-16-,20-17-,26-24-,27-25-,32-30-,33-31-,39-36-,40-37-. The van der Waals surface area contributed by atoms with Gasteiger partial charge in [0, 0.05) is 19.3 Å². The smallest absolute Gasteiger partial charge is 0.335 e. The van der Waals surface area contributed by atoms with E-state index in [2.05, 4.69) is 142 Å². The van der Waals surface area contributed by atoms with Gasteiger partial charge in [0.05, 0.1) is 6.61 Å². The van der Waals surface area contributed by atoms with Crippen LogP contribution in [0.1, 0.15) is 226 Å². The maximum Gasteiger partial charge on any atom is 0.335 e. The number of carboxylic acid groups (broad SMARTS) is 1. The van der Waals surface area contributed by atoms with Gasteiger partial charge in [0.15, 0.2) is 24.6 Å². The zero-order chi connectivity index (χ0) is 57.5. The predicted octanol–water partition coefficient (Wildman–Crippen LogP) is 16.0. The quantitative estimate of drug-likeness (QED) is 0.0228. The second kappa shape index (κ2) is 53.7. The number of hydrogen-bond donors (Lipinski definition) is 3. The molecule has 3 N–H and O–H groups in total. The van der Waals surface area contributed by atoms with E-state index >= 15 is 0 Å². The molecule has 12 heteroatoms. The Morgan fingerprint density at radius 3 is 1.22 bits per heavy atom. The molecule has 0 bridgehead atoms. The zero-order valence-electron chi connectivity index (χ0n) is 49.1. The number of unbranched alkanes of at least 4 members (excludes halogenated alkanes) is 16. The second-order valence-corrected chi connectivity index (χ2v) is 20.2. The minimum atomic E-state index is -1.92. The molecule has 446 valence electrons. The highest BCUT2D eigenvalue weighted by Gasteiger charge is 2.50. The number of rotatable bonds is 50. The first-order valence-corrected chi connectivity index (χ1v) is 30.5. The van der Waals surface area contributed by atoms with Crippen molar-refractivity contribution in [2.24, 2.45) is 0 Å². The molecule has 0 aromatic rings. The Hall–Kier alpha value is -4.88. The molecule has 0 spiro atoms. The summed E-state index contributed by atoms with van der Waals surface area (Å²) in [6.07, 6.45) is 61.7. The lowest BCUT2D eigenvalue weighted by atomic mass is 9.98. The summed E-state index contributed by atoms with van der Waals surface area (Å²) in [5.41, 5.74) is 0. The SMILES string of the molecule is CC/C=C\C/C=C\C/C=C\C/C=C\C/C=C\CCCCCC(=O)OCC(COC1OC(C(=O)O)C(O)C(O)C1OC(=O)CCCCCCCCCCCCC)OC(=O)CCCCC/C=C\C/C=C\C/C=C\C/C=C\C/C=C\CC. The van der Waals surface area contributed by atoms with E-state index < -0.39 is 67.3 Å². The highest BCUT2D eigenvalue weighted by Crippen LogP contribution is 2.26. The van der Waals surface area contributed by atoms with Crippen molar-refractivity contribution in [1.29, 1.82) is 0 Å². The lowest BCUT2D eigenvalue weighted by Gasteiger charge is -2.40. The molecule has 1 aliphatic rings. The van der Waals surface area contributed by atoms with Gasteiger partial charge in [0.1, 0.15) is 18.8 Å². The number of aliphatic hydroxyl groups excluding tert-OH is 2. The van der Waals surface area contributed by atoms with Crippen LogP contribution in [0, 0.1) is 0 Å². The summed E-state index contributed by atoms with van der Waals surface area (Å²) >= 11 is 0. The Morgan fingerprint density at radius 2 is 0.797 bits per heavy atom. The summed E-state index contributed by atoms with van der Waals surface area (Å²) in [4.78, 5) is 51.2. The average Bonchev–Trinajstić information content (AvgIpc) is 3.47. The van der Waals surface area contributed by atoms with E-state index in [0.29, 0.717) is 19.3 Å². The van der Waals surface area contributed by atoms with E-state index in [1.165, 1.54) is 38.5 Å². The fourth-order valence-electron chi connectivity index (χ4n) is 8.42. The maximum absolute atomic E-state index is 13.2. The second-order valence-electron chi connectivity index (χ2n) is 20.2. The van der Waals surface area contributed by atoms with Crippen LogP contribution < -0.4 is 0 Å². The molecule has 6 unspecified atom stereocenters. The van der Waals surface area contributed by atoms with Gasteiger partial charge >= 0.3 is 23.9 Å². The Bertz CT molecular complexity index is 1840. The maximum atomic E-state index is 13.2. The summed E-state index contributed by atoms with van der Waals surface area (Å²) in [5, 5.41) is 31.5. The van der Waals surface area contributed by atoms with Gasteiger partial charge < -0.3 is 39.0 Å². The summed E-state index contributed by atoms with van der Waals surface area (Å²) in [6, 6.07) is 0. The number of carbonyl (C=O) groups is 4. The minimum absolute atomic E-state index is 0.0489. The molecule has 79 heavy (non-hydrogen) atoms. The van der Waals surface area contributed by atoms with E-state index in [0.717, 1.165) is 128 Å². The third-order valence-electron chi connectivity index (χ3n) is 13.0. The van der Waals surface area contributed by atoms with Crippen LogP contribution in [0.15, 0.2) is 122 Å². The Balaban J connectivity index is 2.73. The number of aliphatic carboxylic acids is 1. The number of allylic oxidation sites excluding steroid dienone is 20. The number of carboxylic acids is 1. The van der Waals surface area contributed by atoms with Crippen molar-refractivity contribution in [2.75, 3.05) is 13.2 Å². The van der Waals surface area contributed by atoms with E-state index in [4.69, 9.17) is 23.7 Å². The largest absolute Gasteiger partial charge is 0.479 e. The Morgan fingerprint density at radius 1 is 0.430 bits per heavy atom. The van der Waals surface area contributed by atoms with Crippen LogP contribution in [0.3, 0.4) is 0 Å². The molecule has 1 fully saturated rings. The van der Waals surface area contributed by atoms with Crippen LogP contribution in [0.2, 0.25) is 0 Å². The lowest BCUT2D eigenvalue weighted by Crippen LogP contribution is -2.61. The van der Waals surface area contributed by atoms with Gasteiger partial charge in [-0.2, -0.15) is 0 Å². The number of ether oxygens (including phenoxy) is 5. The third-order valence-corrected chi connectivity index (χ3v) is 13.0. The Labute approximate surface area is 478 Å². The summed E-state index contributed by atoms with van der Waals surface area (Å²) < 4.78 is 28.4. The van der Waals surface area contributed by atoms with Gasteiger partial charge in [-0.3, -0.25) is 14.4 Å². The van der Waals surface area contributed by atoms with Gasteiger partial charge in [-0.25, -0.2) is 4.79 Å². The molecule has 0 aromatic heterocycles. The number of carbonyl (C=O) groups excluding carboxylic acids is 3. The van der Waals surface area contributed by atoms with Crippen molar-refractivity contribution in [3.8, 4) is 0 Å². The van der Waals surface area contributed by atoms with Crippen LogP contribution in [-0.2, 0) is 42.9 Å². The van der Waals surface area contributed by atoms with Gasteiger partial charge in [0.25, 0.3) is 0 Å². The third kappa shape index (κ3) is 43.6. The molecule has 1 aliphatic heterocycles. The van der Waals surface area contributed by atoms with Crippen LogP contribution in [0.5, 0.6) is 0 Å². The predicted molar refractivity (Wildman–Crippen MR) is 321 cm³/mol. The molecule has 12 nitrogen and oxygen atoms in total. The summed E-state index contributed by atoms with van der Waals surface area (Å²) in [7, 11) is 0. The van der Waals surface area contributed by atoms with Crippen LogP contribution in [-0.4, -0.2) is 89.2 Å². The van der Waals surface area contributed by atoms with Gasteiger partial charge in [0.2, 0.25) is 0 Å². The van der Waals surface area contributed by atoms with Gasteiger partial charge in [-0.1, -0.05) is 219 Å². The molecule has 1 rings (SSSR count). The molecule has 0 aliphatic carbocycles. The first-order chi connectivity index (χ1) is 38.6. The van der Waals surface area contributed by atoms with Crippen molar-refractivity contribution in [3.05, 3.63) is 122 Å². The molecular weight excluding hydrogens is 997 g/mol. The first kappa shape index (κ1) is 72.1. The normalized spacial score (nSPS) is 18.7. The lowest BCUT2D eigenvalue weighted by molar-refractivity contribution is -0.301. The summed E-state index contributed by atoms with van der Waals surface area (Å²) in [5.74, 6) is -3.22. The molecule has 1 saturated heterocycles. The fraction of sp³-hybridized carbons (Fsp3) is 0.642. The van der Waals surface area contributed by atoms with Crippen molar-refractivity contribution >= 4 is 23.9 Å². The average molecular weight is 1100 g/mol. The van der Waals surface area contributed by atoms with E-state index in [1.54, 1.807) is 0 Å². The highest BCUT2D eigenvalue weighted by atomic mass is 16.7. The van der Waals surface area contributed by atoms with Gasteiger partial charge in [-0.05, 0) is 109 Å². The monoisotopic (exact) mass is 1100 g/mol. The van der Waals surface area contributed by atoms with E-state index in [-0.39, 0.29) is 25.9 Å². The zero-order valence-corrected chi connectivity index (χ0v) is 49.1. The van der Waals surface area contributed by atoms with Crippen molar-refractivity contribution in [3.63, 3.8) is 0 Å². The fourth-order valence-corrected chi connectivity index (χ4v) is 8.42. The molecule has 6 atom stereocenters. The molecule has 0 radical (unpaired) electrons. The van der Waals surface area contributed by atoms with Crippen LogP contribution in [0.25, 0.3) is 0 Å². The molecule has 0 amide bonds. The first-order valence-electron chi connectivity index (χ1n) is 30.5.